The Morgan fingerprint density at radius 3 is 2.60 bits per heavy atom. The summed E-state index contributed by atoms with van der Waals surface area (Å²) in [6.45, 7) is 0. The van der Waals surface area contributed by atoms with E-state index in [2.05, 4.69) is 22.6 Å². The van der Waals surface area contributed by atoms with Crippen LogP contribution < -0.4 is 0 Å². The zero-order valence-corrected chi connectivity index (χ0v) is 15.8. The molecule has 126 valence electrons. The molecule has 1 aliphatic rings. The molecule has 1 aliphatic heterocycles. The monoisotopic (exact) mass is 384 g/mol. The molecule has 0 aliphatic carbocycles. The van der Waals surface area contributed by atoms with Gasteiger partial charge in [-0.1, -0.05) is 30.3 Å². The van der Waals surface area contributed by atoms with Crippen molar-refractivity contribution in [2.75, 3.05) is 5.75 Å². The van der Waals surface area contributed by atoms with E-state index in [1.807, 2.05) is 47.8 Å². The van der Waals surface area contributed by atoms with Crippen molar-refractivity contribution in [1.82, 2.24) is 5.01 Å². The highest BCUT2D eigenvalue weighted by atomic mass is 32.2. The number of thioether (sulfide) groups is 1. The number of carbonyl (C=O) groups is 1. The maximum atomic E-state index is 12.8. The Labute approximate surface area is 159 Å². The first kappa shape index (κ1) is 16.6. The Balaban J connectivity index is 1.54. The van der Waals surface area contributed by atoms with E-state index >= 15 is 0 Å². The third-order valence-electron chi connectivity index (χ3n) is 3.95. The van der Waals surface area contributed by atoms with Crippen molar-refractivity contribution in [1.29, 1.82) is 0 Å². The molecular formula is C19H16N2OS3. The van der Waals surface area contributed by atoms with E-state index < -0.39 is 0 Å². The van der Waals surface area contributed by atoms with E-state index in [1.54, 1.807) is 39.4 Å². The maximum Gasteiger partial charge on any atom is 0.253 e. The summed E-state index contributed by atoms with van der Waals surface area (Å²) in [4.78, 5) is 16.3. The van der Waals surface area contributed by atoms with Gasteiger partial charge in [-0.25, -0.2) is 5.01 Å². The molecule has 2 aromatic heterocycles. The van der Waals surface area contributed by atoms with E-state index in [9.17, 15) is 4.79 Å². The van der Waals surface area contributed by atoms with Gasteiger partial charge in [0.1, 0.15) is 0 Å². The molecule has 0 spiro atoms. The van der Waals surface area contributed by atoms with Crippen LogP contribution >= 0.6 is 34.4 Å². The van der Waals surface area contributed by atoms with Gasteiger partial charge in [0, 0.05) is 16.2 Å². The van der Waals surface area contributed by atoms with Crippen LogP contribution in [-0.2, 0) is 4.79 Å². The molecule has 1 amide bonds. The predicted molar refractivity (Wildman–Crippen MR) is 107 cm³/mol. The van der Waals surface area contributed by atoms with Crippen molar-refractivity contribution in [2.45, 2.75) is 17.4 Å². The summed E-state index contributed by atoms with van der Waals surface area (Å²) in [6.07, 6.45) is 0.781. The first-order valence-electron chi connectivity index (χ1n) is 7.96. The largest absolute Gasteiger partial charge is 0.272 e. The number of hydrogen-bond donors (Lipinski definition) is 0. The Morgan fingerprint density at radius 1 is 1.08 bits per heavy atom. The molecule has 0 saturated heterocycles. The van der Waals surface area contributed by atoms with Gasteiger partial charge in [-0.2, -0.15) is 5.10 Å². The topological polar surface area (TPSA) is 32.7 Å². The lowest BCUT2D eigenvalue weighted by molar-refractivity contribution is -0.130. The van der Waals surface area contributed by atoms with Crippen LogP contribution in [0.15, 0.2) is 75.4 Å². The number of hydrogen-bond acceptors (Lipinski definition) is 5. The van der Waals surface area contributed by atoms with Crippen LogP contribution in [0.3, 0.4) is 0 Å². The van der Waals surface area contributed by atoms with Crippen molar-refractivity contribution in [3.8, 4) is 0 Å². The lowest BCUT2D eigenvalue weighted by Gasteiger charge is -2.20. The SMILES string of the molecule is O=C(CSc1ccccc1)N1N=C(c2cccs2)CC1c1cccs1. The van der Waals surface area contributed by atoms with E-state index in [4.69, 9.17) is 0 Å². The number of hydrazone groups is 1. The predicted octanol–water partition coefficient (Wildman–Crippen LogP) is 5.28. The van der Waals surface area contributed by atoms with Gasteiger partial charge in [-0.3, -0.25) is 4.79 Å². The highest BCUT2D eigenvalue weighted by Gasteiger charge is 2.33. The smallest absolute Gasteiger partial charge is 0.253 e. The average Bonchev–Trinajstić information content (AvgIpc) is 3.40. The molecule has 6 heteroatoms. The number of benzene rings is 1. The van der Waals surface area contributed by atoms with Crippen molar-refractivity contribution >= 4 is 46.1 Å². The third kappa shape index (κ3) is 3.71. The first-order chi connectivity index (χ1) is 12.3. The Bertz CT molecular complexity index is 857. The summed E-state index contributed by atoms with van der Waals surface area (Å²) < 4.78 is 0. The van der Waals surface area contributed by atoms with E-state index in [-0.39, 0.29) is 11.9 Å². The number of nitrogens with zero attached hydrogens (tertiary/aromatic N) is 2. The minimum atomic E-state index is 0.0148. The van der Waals surface area contributed by atoms with Crippen LogP contribution in [-0.4, -0.2) is 22.4 Å². The van der Waals surface area contributed by atoms with Crippen LogP contribution in [0.1, 0.15) is 22.2 Å². The van der Waals surface area contributed by atoms with Gasteiger partial charge in [0.25, 0.3) is 5.91 Å². The minimum absolute atomic E-state index is 0.0148. The highest BCUT2D eigenvalue weighted by Crippen LogP contribution is 2.36. The molecule has 4 rings (SSSR count). The first-order valence-corrected chi connectivity index (χ1v) is 10.7. The second-order valence-electron chi connectivity index (χ2n) is 5.60. The molecule has 1 aromatic carbocycles. The molecule has 0 fully saturated rings. The van der Waals surface area contributed by atoms with Gasteiger partial charge in [0.2, 0.25) is 0 Å². The second kappa shape index (κ2) is 7.56. The molecule has 0 bridgehead atoms. The minimum Gasteiger partial charge on any atom is -0.272 e. The van der Waals surface area contributed by atoms with Gasteiger partial charge in [0.05, 0.1) is 22.4 Å². The van der Waals surface area contributed by atoms with E-state index in [0.717, 1.165) is 21.9 Å². The molecule has 25 heavy (non-hydrogen) atoms. The summed E-state index contributed by atoms with van der Waals surface area (Å²) in [5.41, 5.74) is 1.01. The number of carbonyl (C=O) groups excluding carboxylic acids is 1. The molecule has 3 aromatic rings. The van der Waals surface area contributed by atoms with Crippen LogP contribution in [0.25, 0.3) is 0 Å². The second-order valence-corrected chi connectivity index (χ2v) is 8.58. The lowest BCUT2D eigenvalue weighted by Crippen LogP contribution is -2.28. The Kier molecular flexibility index (Phi) is 5.01. The summed E-state index contributed by atoms with van der Waals surface area (Å²) in [6, 6.07) is 18.3. The van der Waals surface area contributed by atoms with Crippen LogP contribution in [0.4, 0.5) is 0 Å². The fourth-order valence-corrected chi connectivity index (χ4v) is 5.07. The third-order valence-corrected chi connectivity index (χ3v) is 6.84. The summed E-state index contributed by atoms with van der Waals surface area (Å²) >= 11 is 4.92. The quantitative estimate of drug-likeness (QED) is 0.561. The molecule has 3 nitrogen and oxygen atoms in total. The molecule has 0 N–H and O–H groups in total. The zero-order chi connectivity index (χ0) is 17.1. The Hall–Kier alpha value is -1.89. The van der Waals surface area contributed by atoms with Gasteiger partial charge >= 0.3 is 0 Å². The molecule has 0 radical (unpaired) electrons. The normalized spacial score (nSPS) is 16.9. The lowest BCUT2D eigenvalue weighted by atomic mass is 10.1. The summed E-state index contributed by atoms with van der Waals surface area (Å²) in [5, 5.41) is 10.5. The Morgan fingerprint density at radius 2 is 1.88 bits per heavy atom. The molecule has 3 heterocycles. The fourth-order valence-electron chi connectivity index (χ4n) is 2.76. The average molecular weight is 385 g/mol. The number of rotatable bonds is 5. The van der Waals surface area contributed by atoms with Gasteiger partial charge in [0.15, 0.2) is 0 Å². The van der Waals surface area contributed by atoms with E-state index in [0.29, 0.717) is 5.75 Å². The van der Waals surface area contributed by atoms with E-state index in [1.165, 1.54) is 4.88 Å². The summed E-state index contributed by atoms with van der Waals surface area (Å²) in [7, 11) is 0. The molecular weight excluding hydrogens is 368 g/mol. The van der Waals surface area contributed by atoms with Crippen LogP contribution in [0, 0.1) is 0 Å². The van der Waals surface area contributed by atoms with Crippen molar-refractivity contribution < 1.29 is 4.79 Å². The molecule has 1 unspecified atom stereocenters. The highest BCUT2D eigenvalue weighted by molar-refractivity contribution is 8.00. The number of thiophene rings is 2. The zero-order valence-electron chi connectivity index (χ0n) is 13.4. The van der Waals surface area contributed by atoms with Crippen molar-refractivity contribution in [2.24, 2.45) is 5.10 Å². The summed E-state index contributed by atoms with van der Waals surface area (Å²) in [5.74, 6) is 0.450. The molecule has 1 atom stereocenters. The van der Waals surface area contributed by atoms with Crippen molar-refractivity contribution in [3.05, 3.63) is 75.1 Å². The van der Waals surface area contributed by atoms with Crippen LogP contribution in [0.5, 0.6) is 0 Å². The fraction of sp³-hybridized carbons (Fsp3) is 0.158. The van der Waals surface area contributed by atoms with Crippen molar-refractivity contribution in [3.63, 3.8) is 0 Å². The van der Waals surface area contributed by atoms with Gasteiger partial charge < -0.3 is 0 Å². The maximum absolute atomic E-state index is 12.8. The van der Waals surface area contributed by atoms with Gasteiger partial charge in [-0.05, 0) is 35.0 Å². The number of amides is 1. The molecule has 0 saturated carbocycles. The van der Waals surface area contributed by atoms with Gasteiger partial charge in [-0.15, -0.1) is 34.4 Å². The standard InChI is InChI=1S/C19H16N2OS3/c22-19(13-25-14-6-2-1-3-7-14)21-16(18-9-5-11-24-18)12-15(20-21)17-8-4-10-23-17/h1-11,16H,12-13H2. The van der Waals surface area contributed by atoms with Crippen LogP contribution in [0.2, 0.25) is 0 Å².